The quantitative estimate of drug-likeness (QED) is 0.740. The van der Waals surface area contributed by atoms with Gasteiger partial charge in [0.1, 0.15) is 18.0 Å². The summed E-state index contributed by atoms with van der Waals surface area (Å²) in [5.41, 5.74) is 0.748. The zero-order valence-electron chi connectivity index (χ0n) is 14.8. The molecule has 0 aliphatic rings. The number of hydrogen-bond acceptors (Lipinski definition) is 5. The summed E-state index contributed by atoms with van der Waals surface area (Å²) in [6, 6.07) is 11.4. The number of halogens is 1. The molecular weight excluding hydrogens is 353 g/mol. The second-order valence-corrected chi connectivity index (χ2v) is 8.91. The SMILES string of the molecule is CC(C)(CNc1ncnc2ccc(S(C)(=O)=O)cc12)c1ccccc1F. The average molecular weight is 373 g/mol. The topological polar surface area (TPSA) is 72.0 Å². The molecule has 0 saturated carbocycles. The second-order valence-electron chi connectivity index (χ2n) is 6.89. The number of nitrogens with zero attached hydrogens (tertiary/aromatic N) is 2. The van der Waals surface area contributed by atoms with Gasteiger partial charge >= 0.3 is 0 Å². The van der Waals surface area contributed by atoms with Crippen LogP contribution in [0.5, 0.6) is 0 Å². The zero-order valence-corrected chi connectivity index (χ0v) is 15.6. The fourth-order valence-electron chi connectivity index (χ4n) is 2.82. The molecule has 26 heavy (non-hydrogen) atoms. The minimum atomic E-state index is -3.34. The number of hydrogen-bond donors (Lipinski definition) is 1. The van der Waals surface area contributed by atoms with Gasteiger partial charge in [0.2, 0.25) is 0 Å². The molecule has 0 unspecified atom stereocenters. The lowest BCUT2D eigenvalue weighted by Gasteiger charge is -2.26. The highest BCUT2D eigenvalue weighted by atomic mass is 32.2. The van der Waals surface area contributed by atoms with Gasteiger partial charge in [-0.05, 0) is 29.8 Å². The lowest BCUT2D eigenvalue weighted by molar-refractivity contribution is 0.504. The first-order chi connectivity index (χ1) is 12.2. The predicted octanol–water partition coefficient (Wildman–Crippen LogP) is 3.56. The van der Waals surface area contributed by atoms with Crippen LogP contribution in [-0.4, -0.2) is 31.2 Å². The molecule has 0 atom stereocenters. The summed E-state index contributed by atoms with van der Waals surface area (Å²) in [5.74, 6) is 0.260. The molecule has 0 amide bonds. The lowest BCUT2D eigenvalue weighted by Crippen LogP contribution is -2.29. The Balaban J connectivity index is 1.95. The van der Waals surface area contributed by atoms with Crippen molar-refractivity contribution in [1.29, 1.82) is 0 Å². The summed E-state index contributed by atoms with van der Waals surface area (Å²) in [6.07, 6.45) is 2.58. The smallest absolute Gasteiger partial charge is 0.175 e. The number of sulfone groups is 1. The van der Waals surface area contributed by atoms with Gasteiger partial charge in [-0.1, -0.05) is 32.0 Å². The number of rotatable bonds is 5. The maximum atomic E-state index is 14.1. The predicted molar refractivity (Wildman–Crippen MR) is 101 cm³/mol. The Morgan fingerprint density at radius 1 is 1.12 bits per heavy atom. The normalized spacial score (nSPS) is 12.3. The Hall–Kier alpha value is -2.54. The largest absolute Gasteiger partial charge is 0.369 e. The minimum absolute atomic E-state index is 0.205. The third-order valence-electron chi connectivity index (χ3n) is 4.34. The fraction of sp³-hybridized carbons (Fsp3) is 0.263. The van der Waals surface area contributed by atoms with E-state index in [1.54, 1.807) is 30.3 Å². The van der Waals surface area contributed by atoms with Crippen molar-refractivity contribution in [2.75, 3.05) is 18.1 Å². The van der Waals surface area contributed by atoms with Crippen molar-refractivity contribution in [3.63, 3.8) is 0 Å². The molecule has 1 heterocycles. The van der Waals surface area contributed by atoms with E-state index in [1.165, 1.54) is 18.5 Å². The van der Waals surface area contributed by atoms with E-state index >= 15 is 0 Å². The Labute approximate surface area is 152 Å². The van der Waals surface area contributed by atoms with Crippen LogP contribution in [0.25, 0.3) is 10.9 Å². The van der Waals surface area contributed by atoms with Gasteiger partial charge in [0, 0.05) is 23.6 Å². The van der Waals surface area contributed by atoms with E-state index in [0.717, 1.165) is 6.26 Å². The molecule has 0 radical (unpaired) electrons. The van der Waals surface area contributed by atoms with E-state index in [9.17, 15) is 12.8 Å². The highest BCUT2D eigenvalue weighted by Crippen LogP contribution is 2.28. The standard InChI is InChI=1S/C19H20FN3O2S/c1-19(2,15-6-4-5-7-16(15)20)11-21-18-14-10-13(26(3,24)25)8-9-17(14)22-12-23-18/h4-10,12H,11H2,1-3H3,(H,21,22,23). The molecule has 0 spiro atoms. The van der Waals surface area contributed by atoms with E-state index < -0.39 is 15.3 Å². The van der Waals surface area contributed by atoms with Crippen LogP contribution >= 0.6 is 0 Å². The van der Waals surface area contributed by atoms with Crippen LogP contribution in [0, 0.1) is 5.82 Å². The summed E-state index contributed by atoms with van der Waals surface area (Å²) in [6.45, 7) is 4.29. The van der Waals surface area contributed by atoms with Crippen molar-refractivity contribution in [2.45, 2.75) is 24.2 Å². The first-order valence-corrected chi connectivity index (χ1v) is 10.0. The molecule has 3 aromatic rings. The molecule has 0 bridgehead atoms. The maximum Gasteiger partial charge on any atom is 0.175 e. The molecule has 5 nitrogen and oxygen atoms in total. The maximum absolute atomic E-state index is 14.1. The van der Waals surface area contributed by atoms with Crippen molar-refractivity contribution < 1.29 is 12.8 Å². The minimum Gasteiger partial charge on any atom is -0.369 e. The van der Waals surface area contributed by atoms with Crippen LogP contribution < -0.4 is 5.32 Å². The van der Waals surface area contributed by atoms with E-state index in [0.29, 0.717) is 28.8 Å². The molecule has 136 valence electrons. The summed E-state index contributed by atoms with van der Waals surface area (Å²) in [7, 11) is -3.34. The van der Waals surface area contributed by atoms with Crippen molar-refractivity contribution in [3.05, 3.63) is 60.2 Å². The second kappa shape index (κ2) is 6.64. The van der Waals surface area contributed by atoms with E-state index in [1.807, 2.05) is 13.8 Å². The van der Waals surface area contributed by atoms with Gasteiger partial charge in [-0.15, -0.1) is 0 Å². The first kappa shape index (κ1) is 18.3. The van der Waals surface area contributed by atoms with Gasteiger partial charge in [0.15, 0.2) is 9.84 Å². The first-order valence-electron chi connectivity index (χ1n) is 8.12. The number of aromatic nitrogens is 2. The highest BCUT2D eigenvalue weighted by Gasteiger charge is 2.24. The molecule has 1 aromatic heterocycles. The molecule has 0 aliphatic heterocycles. The van der Waals surface area contributed by atoms with Crippen LogP contribution in [-0.2, 0) is 15.3 Å². The molecule has 1 N–H and O–H groups in total. The highest BCUT2D eigenvalue weighted by molar-refractivity contribution is 7.90. The van der Waals surface area contributed by atoms with Crippen LogP contribution in [0.3, 0.4) is 0 Å². The average Bonchev–Trinajstić information content (AvgIpc) is 2.59. The van der Waals surface area contributed by atoms with Crippen LogP contribution in [0.4, 0.5) is 10.2 Å². The summed E-state index contributed by atoms with van der Waals surface area (Å²) in [5, 5.41) is 3.83. The van der Waals surface area contributed by atoms with Gasteiger partial charge in [-0.3, -0.25) is 0 Å². The number of anilines is 1. The fourth-order valence-corrected chi connectivity index (χ4v) is 3.46. The Kier molecular flexibility index (Phi) is 4.66. The van der Waals surface area contributed by atoms with Gasteiger partial charge in [0.25, 0.3) is 0 Å². The third-order valence-corrected chi connectivity index (χ3v) is 5.45. The molecule has 0 fully saturated rings. The van der Waals surface area contributed by atoms with E-state index in [2.05, 4.69) is 15.3 Å². The lowest BCUT2D eigenvalue weighted by atomic mass is 9.84. The van der Waals surface area contributed by atoms with Crippen LogP contribution in [0.1, 0.15) is 19.4 Å². The van der Waals surface area contributed by atoms with Crippen molar-refractivity contribution in [3.8, 4) is 0 Å². The molecule has 3 rings (SSSR count). The van der Waals surface area contributed by atoms with E-state index in [-0.39, 0.29) is 10.7 Å². The summed E-state index contributed by atoms with van der Waals surface area (Å²) in [4.78, 5) is 8.62. The number of benzene rings is 2. The van der Waals surface area contributed by atoms with Crippen LogP contribution in [0.2, 0.25) is 0 Å². The van der Waals surface area contributed by atoms with Gasteiger partial charge in [-0.2, -0.15) is 0 Å². The van der Waals surface area contributed by atoms with Gasteiger partial charge < -0.3 is 5.32 Å². The molecule has 2 aromatic carbocycles. The monoisotopic (exact) mass is 373 g/mol. The molecule has 7 heteroatoms. The Morgan fingerprint density at radius 3 is 2.54 bits per heavy atom. The molecular formula is C19H20FN3O2S. The Morgan fingerprint density at radius 2 is 1.85 bits per heavy atom. The summed E-state index contributed by atoms with van der Waals surface area (Å²) >= 11 is 0. The summed E-state index contributed by atoms with van der Waals surface area (Å²) < 4.78 is 37.8. The van der Waals surface area contributed by atoms with Gasteiger partial charge in [-0.25, -0.2) is 22.8 Å². The molecule has 0 aliphatic carbocycles. The third kappa shape index (κ3) is 3.67. The van der Waals surface area contributed by atoms with Crippen molar-refractivity contribution >= 4 is 26.6 Å². The number of fused-ring (bicyclic) bond motifs is 1. The number of nitrogens with one attached hydrogen (secondary N) is 1. The Bertz CT molecular complexity index is 1070. The van der Waals surface area contributed by atoms with E-state index in [4.69, 9.17) is 0 Å². The van der Waals surface area contributed by atoms with Crippen molar-refractivity contribution in [2.24, 2.45) is 0 Å². The zero-order chi connectivity index (χ0) is 18.9. The molecule has 0 saturated heterocycles. The van der Waals surface area contributed by atoms with Crippen LogP contribution in [0.15, 0.2) is 53.7 Å². The van der Waals surface area contributed by atoms with Gasteiger partial charge in [0.05, 0.1) is 10.4 Å². The van der Waals surface area contributed by atoms with Crippen molar-refractivity contribution in [1.82, 2.24) is 9.97 Å².